The van der Waals surface area contributed by atoms with Crippen LogP contribution in [0.5, 0.6) is 11.5 Å². The summed E-state index contributed by atoms with van der Waals surface area (Å²) in [5, 5.41) is 3.25. The lowest BCUT2D eigenvalue weighted by Gasteiger charge is -2.19. The number of rotatable bonds is 8. The average molecular weight is 370 g/mol. The van der Waals surface area contributed by atoms with Crippen molar-refractivity contribution in [2.24, 2.45) is 0 Å². The molecule has 120 valence electrons. The van der Waals surface area contributed by atoms with Gasteiger partial charge in [-0.3, -0.25) is 0 Å². The summed E-state index contributed by atoms with van der Waals surface area (Å²) in [5.74, 6) is 0.216. The minimum absolute atomic E-state index is 0.0298. The summed E-state index contributed by atoms with van der Waals surface area (Å²) < 4.78 is 46.4. The molecule has 1 unspecified atom stereocenters. The van der Waals surface area contributed by atoms with E-state index < -0.39 is 6.36 Å². The predicted octanol–water partition coefficient (Wildman–Crippen LogP) is 4.50. The Bertz CT molecular complexity index is 441. The van der Waals surface area contributed by atoms with E-state index in [-0.39, 0.29) is 16.3 Å². The monoisotopic (exact) mass is 369 g/mol. The summed E-state index contributed by atoms with van der Waals surface area (Å²) in [6, 6.07) is 4.18. The van der Waals surface area contributed by atoms with E-state index in [9.17, 15) is 13.2 Å². The van der Waals surface area contributed by atoms with Gasteiger partial charge in [-0.1, -0.05) is 13.8 Å². The number of ether oxygens (including phenoxy) is 2. The lowest BCUT2D eigenvalue weighted by Crippen LogP contribution is -2.31. The molecule has 0 aliphatic heterocycles. The van der Waals surface area contributed by atoms with E-state index >= 15 is 0 Å². The highest BCUT2D eigenvalue weighted by molar-refractivity contribution is 9.10. The third kappa shape index (κ3) is 7.04. The minimum atomic E-state index is -4.71. The van der Waals surface area contributed by atoms with Crippen LogP contribution in [0.15, 0.2) is 22.7 Å². The van der Waals surface area contributed by atoms with E-state index in [1.165, 1.54) is 18.2 Å². The first kappa shape index (κ1) is 18.1. The molecule has 0 amide bonds. The molecule has 21 heavy (non-hydrogen) atoms. The van der Waals surface area contributed by atoms with Gasteiger partial charge in [0, 0.05) is 6.54 Å². The first-order valence-electron chi connectivity index (χ1n) is 6.78. The Hall–Kier alpha value is -0.950. The third-order valence-corrected chi connectivity index (χ3v) is 3.31. The molecule has 0 heterocycles. The van der Waals surface area contributed by atoms with Crippen molar-refractivity contribution in [1.82, 2.24) is 5.32 Å². The van der Waals surface area contributed by atoms with Gasteiger partial charge >= 0.3 is 6.36 Å². The van der Waals surface area contributed by atoms with E-state index in [2.05, 4.69) is 32.9 Å². The largest absolute Gasteiger partial charge is 0.573 e. The second-order valence-corrected chi connectivity index (χ2v) is 5.35. The topological polar surface area (TPSA) is 30.5 Å². The Morgan fingerprint density at radius 2 is 2.00 bits per heavy atom. The van der Waals surface area contributed by atoms with E-state index in [0.29, 0.717) is 12.3 Å². The van der Waals surface area contributed by atoms with Crippen LogP contribution in [0.2, 0.25) is 0 Å². The Morgan fingerprint density at radius 3 is 2.52 bits per heavy atom. The van der Waals surface area contributed by atoms with Gasteiger partial charge in [0.25, 0.3) is 0 Å². The van der Waals surface area contributed by atoms with Crippen LogP contribution in [0.4, 0.5) is 13.2 Å². The second-order valence-electron chi connectivity index (χ2n) is 4.49. The van der Waals surface area contributed by atoms with Crippen LogP contribution in [0.3, 0.4) is 0 Å². The fraction of sp³-hybridized carbons (Fsp3) is 0.571. The minimum Gasteiger partial charge on any atom is -0.489 e. The molecule has 0 spiro atoms. The molecule has 0 aliphatic carbocycles. The van der Waals surface area contributed by atoms with Crippen molar-refractivity contribution in [2.45, 2.75) is 39.2 Å². The summed E-state index contributed by atoms with van der Waals surface area (Å²) >= 11 is 3.05. The number of benzene rings is 1. The fourth-order valence-corrected chi connectivity index (χ4v) is 2.10. The van der Waals surface area contributed by atoms with E-state index in [1.807, 2.05) is 6.92 Å². The zero-order chi connectivity index (χ0) is 15.9. The van der Waals surface area contributed by atoms with Crippen molar-refractivity contribution in [3.63, 3.8) is 0 Å². The molecule has 1 N–H and O–H groups in total. The first-order valence-corrected chi connectivity index (χ1v) is 7.57. The van der Waals surface area contributed by atoms with Crippen LogP contribution >= 0.6 is 15.9 Å². The Morgan fingerprint density at radius 1 is 1.29 bits per heavy atom. The summed E-state index contributed by atoms with van der Waals surface area (Å²) in [6.07, 6.45) is -2.90. The molecule has 0 radical (unpaired) electrons. The molecule has 0 fully saturated rings. The van der Waals surface area contributed by atoms with Gasteiger partial charge in [-0.15, -0.1) is 13.2 Å². The average Bonchev–Trinajstić information content (AvgIpc) is 2.39. The molecule has 0 saturated carbocycles. The smallest absolute Gasteiger partial charge is 0.489 e. The summed E-state index contributed by atoms with van der Waals surface area (Å²) in [7, 11) is 0. The van der Waals surface area contributed by atoms with Gasteiger partial charge in [0.2, 0.25) is 0 Å². The van der Waals surface area contributed by atoms with E-state index in [0.717, 1.165) is 19.4 Å². The van der Waals surface area contributed by atoms with Crippen LogP contribution < -0.4 is 14.8 Å². The van der Waals surface area contributed by atoms with Gasteiger partial charge in [-0.2, -0.15) is 0 Å². The highest BCUT2D eigenvalue weighted by Gasteiger charge is 2.32. The predicted molar refractivity (Wildman–Crippen MR) is 78.7 cm³/mol. The molecular formula is C14H19BrF3NO2. The molecule has 1 aromatic rings. The number of nitrogens with one attached hydrogen (secondary N) is 1. The SMILES string of the molecule is CCCNCC(CC)Oc1ccc(OC(F)(F)F)c(Br)c1. The van der Waals surface area contributed by atoms with Crippen molar-refractivity contribution in [3.05, 3.63) is 22.7 Å². The van der Waals surface area contributed by atoms with Crippen molar-refractivity contribution < 1.29 is 22.6 Å². The molecule has 3 nitrogen and oxygen atoms in total. The Balaban J connectivity index is 2.65. The molecule has 0 aliphatic rings. The molecule has 7 heteroatoms. The van der Waals surface area contributed by atoms with Crippen LogP contribution in [0.1, 0.15) is 26.7 Å². The highest BCUT2D eigenvalue weighted by Crippen LogP contribution is 2.33. The summed E-state index contributed by atoms with van der Waals surface area (Å²) in [5.41, 5.74) is 0. The maximum Gasteiger partial charge on any atom is 0.573 e. The molecule has 0 saturated heterocycles. The van der Waals surface area contributed by atoms with Crippen molar-refractivity contribution in [1.29, 1.82) is 0 Å². The maximum absolute atomic E-state index is 12.2. The van der Waals surface area contributed by atoms with Crippen molar-refractivity contribution >= 4 is 15.9 Å². The molecule has 1 atom stereocenters. The van der Waals surface area contributed by atoms with Crippen molar-refractivity contribution in [2.75, 3.05) is 13.1 Å². The molecule has 0 aromatic heterocycles. The molecule has 0 bridgehead atoms. The van der Waals surface area contributed by atoms with Gasteiger partial charge in [0.1, 0.15) is 17.6 Å². The lowest BCUT2D eigenvalue weighted by atomic mass is 10.2. The highest BCUT2D eigenvalue weighted by atomic mass is 79.9. The normalized spacial score (nSPS) is 13.0. The van der Waals surface area contributed by atoms with Gasteiger partial charge in [-0.05, 0) is 53.5 Å². The lowest BCUT2D eigenvalue weighted by molar-refractivity contribution is -0.274. The quantitative estimate of drug-likeness (QED) is 0.684. The molecule has 1 aromatic carbocycles. The standard InChI is InChI=1S/C14H19BrF3NO2/c1-3-7-19-9-10(4-2)20-11-5-6-13(12(15)8-11)21-14(16,17)18/h5-6,8,10,19H,3-4,7,9H2,1-2H3. The molecule has 1 rings (SSSR count). The van der Waals surface area contributed by atoms with Crippen molar-refractivity contribution in [3.8, 4) is 11.5 Å². The van der Waals surface area contributed by atoms with Crippen LogP contribution in [0.25, 0.3) is 0 Å². The number of hydrogen-bond donors (Lipinski definition) is 1. The van der Waals surface area contributed by atoms with E-state index in [4.69, 9.17) is 4.74 Å². The summed E-state index contributed by atoms with van der Waals surface area (Å²) in [6.45, 7) is 5.67. The van der Waals surface area contributed by atoms with Gasteiger partial charge in [-0.25, -0.2) is 0 Å². The Labute approximate surface area is 130 Å². The third-order valence-electron chi connectivity index (χ3n) is 2.69. The summed E-state index contributed by atoms with van der Waals surface area (Å²) in [4.78, 5) is 0. The zero-order valence-corrected chi connectivity index (χ0v) is 13.6. The van der Waals surface area contributed by atoms with E-state index in [1.54, 1.807) is 0 Å². The first-order chi connectivity index (χ1) is 9.85. The second kappa shape index (κ2) is 8.48. The Kier molecular flexibility index (Phi) is 7.31. The molecular weight excluding hydrogens is 351 g/mol. The number of hydrogen-bond acceptors (Lipinski definition) is 3. The van der Waals surface area contributed by atoms with Crippen LogP contribution in [0, 0.1) is 0 Å². The van der Waals surface area contributed by atoms with Crippen LogP contribution in [-0.2, 0) is 0 Å². The van der Waals surface area contributed by atoms with Crippen LogP contribution in [-0.4, -0.2) is 25.6 Å². The van der Waals surface area contributed by atoms with Gasteiger partial charge < -0.3 is 14.8 Å². The number of halogens is 4. The maximum atomic E-state index is 12.2. The zero-order valence-electron chi connectivity index (χ0n) is 12.0. The number of alkyl halides is 3. The van der Waals surface area contributed by atoms with Gasteiger partial charge in [0.15, 0.2) is 0 Å². The fourth-order valence-electron chi connectivity index (χ4n) is 1.66. The van der Waals surface area contributed by atoms with Gasteiger partial charge in [0.05, 0.1) is 4.47 Å².